The van der Waals surface area contributed by atoms with Crippen LogP contribution in [0.2, 0.25) is 0 Å². The van der Waals surface area contributed by atoms with Crippen LogP contribution in [0.15, 0.2) is 60.9 Å². The van der Waals surface area contributed by atoms with Crippen LogP contribution in [0.4, 0.5) is 0 Å². The molecular weight excluding hydrogens is 330 g/mol. The van der Waals surface area contributed by atoms with E-state index in [1.54, 1.807) is 18.1 Å². The number of aromatic nitrogens is 2. The lowest BCUT2D eigenvalue weighted by Gasteiger charge is -2.21. The molecule has 1 aliphatic heterocycles. The van der Waals surface area contributed by atoms with Crippen molar-refractivity contribution < 1.29 is 14.3 Å². The molecule has 0 saturated carbocycles. The summed E-state index contributed by atoms with van der Waals surface area (Å²) in [5.74, 6) is 1.35. The highest BCUT2D eigenvalue weighted by atomic mass is 16.6. The van der Waals surface area contributed by atoms with Crippen molar-refractivity contribution in [1.82, 2.24) is 14.5 Å². The molecule has 2 aromatic heterocycles. The first-order chi connectivity index (χ1) is 12.7. The van der Waals surface area contributed by atoms with Gasteiger partial charge in [-0.1, -0.05) is 6.07 Å². The molecule has 6 nitrogen and oxygen atoms in total. The fraction of sp³-hybridized carbons (Fsp3) is 0.200. The van der Waals surface area contributed by atoms with Crippen LogP contribution < -0.4 is 9.47 Å². The molecule has 6 heteroatoms. The van der Waals surface area contributed by atoms with E-state index >= 15 is 0 Å². The Hall–Kier alpha value is -3.28. The zero-order valence-electron chi connectivity index (χ0n) is 14.5. The Labute approximate surface area is 151 Å². The lowest BCUT2D eigenvalue weighted by atomic mass is 10.2. The number of carbonyl (C=O) groups is 1. The minimum atomic E-state index is -0.0736. The summed E-state index contributed by atoms with van der Waals surface area (Å²) in [6.07, 6.45) is 3.60. The van der Waals surface area contributed by atoms with Crippen molar-refractivity contribution in [2.24, 2.45) is 0 Å². The Morgan fingerprint density at radius 2 is 1.96 bits per heavy atom. The molecule has 0 bridgehead atoms. The largest absolute Gasteiger partial charge is 0.486 e. The first-order valence-electron chi connectivity index (χ1n) is 8.45. The van der Waals surface area contributed by atoms with Gasteiger partial charge < -0.3 is 18.9 Å². The van der Waals surface area contributed by atoms with Gasteiger partial charge in [-0.25, -0.2) is 0 Å². The second-order valence-electron chi connectivity index (χ2n) is 6.07. The van der Waals surface area contributed by atoms with E-state index < -0.39 is 0 Å². The Bertz CT molecular complexity index is 921. The number of benzene rings is 1. The van der Waals surface area contributed by atoms with Crippen LogP contribution in [0.1, 0.15) is 16.2 Å². The van der Waals surface area contributed by atoms with Crippen LogP contribution in [0.5, 0.6) is 11.5 Å². The first-order valence-corrected chi connectivity index (χ1v) is 8.45. The molecule has 26 heavy (non-hydrogen) atoms. The molecular formula is C20H19N3O3. The average molecular weight is 349 g/mol. The van der Waals surface area contributed by atoms with Crippen molar-refractivity contribution in [3.63, 3.8) is 0 Å². The highest BCUT2D eigenvalue weighted by Gasteiger charge is 2.19. The van der Waals surface area contributed by atoms with Crippen LogP contribution in [0, 0.1) is 0 Å². The molecule has 0 unspecified atom stereocenters. The predicted octanol–water partition coefficient (Wildman–Crippen LogP) is 2.92. The molecule has 0 spiro atoms. The number of ether oxygens (including phenoxy) is 2. The topological polar surface area (TPSA) is 56.6 Å². The summed E-state index contributed by atoms with van der Waals surface area (Å²) < 4.78 is 13.1. The lowest BCUT2D eigenvalue weighted by Crippen LogP contribution is -2.28. The second kappa shape index (κ2) is 6.92. The Balaban J connectivity index is 1.59. The third-order valence-corrected chi connectivity index (χ3v) is 4.24. The SMILES string of the molecule is CN(Cc1ccccn1)C(=O)c1cccn1-c1ccc2c(c1)OCCO2. The van der Waals surface area contributed by atoms with E-state index in [0.29, 0.717) is 31.2 Å². The van der Waals surface area contributed by atoms with Gasteiger partial charge in [0.2, 0.25) is 0 Å². The van der Waals surface area contributed by atoms with Gasteiger partial charge in [-0.2, -0.15) is 0 Å². The zero-order valence-corrected chi connectivity index (χ0v) is 14.5. The van der Waals surface area contributed by atoms with Gasteiger partial charge in [-0.05, 0) is 36.4 Å². The van der Waals surface area contributed by atoms with Crippen LogP contribution in [-0.4, -0.2) is 40.6 Å². The van der Waals surface area contributed by atoms with Crippen LogP contribution in [-0.2, 0) is 6.54 Å². The summed E-state index contributed by atoms with van der Waals surface area (Å²) in [5.41, 5.74) is 2.29. The molecule has 1 aliphatic rings. The van der Waals surface area contributed by atoms with Gasteiger partial charge in [-0.3, -0.25) is 9.78 Å². The summed E-state index contributed by atoms with van der Waals surface area (Å²) in [6, 6.07) is 15.0. The highest BCUT2D eigenvalue weighted by Crippen LogP contribution is 2.32. The predicted molar refractivity (Wildman–Crippen MR) is 96.8 cm³/mol. The Morgan fingerprint density at radius 3 is 2.77 bits per heavy atom. The number of hydrogen-bond donors (Lipinski definition) is 0. The maximum absolute atomic E-state index is 12.9. The zero-order chi connectivity index (χ0) is 17.9. The Kier molecular flexibility index (Phi) is 4.31. The van der Waals surface area contributed by atoms with Gasteiger partial charge in [0.15, 0.2) is 11.5 Å². The van der Waals surface area contributed by atoms with Crippen molar-refractivity contribution in [3.8, 4) is 17.2 Å². The van der Waals surface area contributed by atoms with Crippen molar-refractivity contribution in [1.29, 1.82) is 0 Å². The van der Waals surface area contributed by atoms with Crippen molar-refractivity contribution in [2.75, 3.05) is 20.3 Å². The molecule has 3 heterocycles. The molecule has 1 amide bonds. The van der Waals surface area contributed by atoms with Gasteiger partial charge in [0.05, 0.1) is 12.2 Å². The minimum absolute atomic E-state index is 0.0736. The summed E-state index contributed by atoms with van der Waals surface area (Å²) in [4.78, 5) is 18.9. The molecule has 132 valence electrons. The fourth-order valence-electron chi connectivity index (χ4n) is 2.96. The summed E-state index contributed by atoms with van der Waals surface area (Å²) in [6.45, 7) is 1.53. The number of fused-ring (bicyclic) bond motifs is 1. The van der Waals surface area contributed by atoms with Crippen LogP contribution >= 0.6 is 0 Å². The number of rotatable bonds is 4. The van der Waals surface area contributed by atoms with Gasteiger partial charge >= 0.3 is 0 Å². The molecule has 4 rings (SSSR count). The standard InChI is InChI=1S/C20H19N3O3/c1-22(14-15-5-2-3-9-21-15)20(24)17-6-4-10-23(17)16-7-8-18-19(13-16)26-12-11-25-18/h2-10,13H,11-12,14H2,1H3. The molecule has 0 aliphatic carbocycles. The van der Waals surface area contributed by atoms with E-state index in [4.69, 9.17) is 9.47 Å². The van der Waals surface area contributed by atoms with Gasteiger partial charge in [-0.15, -0.1) is 0 Å². The third-order valence-electron chi connectivity index (χ3n) is 4.24. The van der Waals surface area contributed by atoms with Gasteiger partial charge in [0.25, 0.3) is 5.91 Å². The summed E-state index contributed by atoms with van der Waals surface area (Å²) in [7, 11) is 1.78. The van der Waals surface area contributed by atoms with E-state index in [1.165, 1.54) is 0 Å². The lowest BCUT2D eigenvalue weighted by molar-refractivity contribution is 0.0775. The minimum Gasteiger partial charge on any atom is -0.486 e. The smallest absolute Gasteiger partial charge is 0.270 e. The van der Waals surface area contributed by atoms with Crippen molar-refractivity contribution in [3.05, 3.63) is 72.3 Å². The maximum atomic E-state index is 12.9. The van der Waals surface area contributed by atoms with E-state index in [1.807, 2.05) is 59.3 Å². The second-order valence-corrected chi connectivity index (χ2v) is 6.07. The van der Waals surface area contributed by atoms with Crippen molar-refractivity contribution >= 4 is 5.91 Å². The molecule has 0 fully saturated rings. The third kappa shape index (κ3) is 3.13. The van der Waals surface area contributed by atoms with Crippen LogP contribution in [0.3, 0.4) is 0 Å². The number of pyridine rings is 1. The molecule has 0 saturated heterocycles. The average Bonchev–Trinajstić information content (AvgIpc) is 3.17. The summed E-state index contributed by atoms with van der Waals surface area (Å²) in [5, 5.41) is 0. The molecule has 1 aromatic carbocycles. The number of carbonyl (C=O) groups excluding carboxylic acids is 1. The maximum Gasteiger partial charge on any atom is 0.270 e. The highest BCUT2D eigenvalue weighted by molar-refractivity contribution is 5.93. The molecule has 0 radical (unpaired) electrons. The van der Waals surface area contributed by atoms with E-state index in [9.17, 15) is 4.79 Å². The molecule has 3 aromatic rings. The monoisotopic (exact) mass is 349 g/mol. The van der Waals surface area contributed by atoms with E-state index in [2.05, 4.69) is 4.98 Å². The van der Waals surface area contributed by atoms with Gasteiger partial charge in [0, 0.05) is 31.2 Å². The normalized spacial score (nSPS) is 12.7. The van der Waals surface area contributed by atoms with E-state index in [0.717, 1.165) is 17.1 Å². The summed E-state index contributed by atoms with van der Waals surface area (Å²) >= 11 is 0. The first kappa shape index (κ1) is 16.2. The Morgan fingerprint density at radius 1 is 1.12 bits per heavy atom. The van der Waals surface area contributed by atoms with Gasteiger partial charge in [0.1, 0.15) is 18.9 Å². The molecule has 0 N–H and O–H groups in total. The number of nitrogens with zero attached hydrogens (tertiary/aromatic N) is 3. The molecule has 0 atom stereocenters. The van der Waals surface area contributed by atoms with Crippen molar-refractivity contribution in [2.45, 2.75) is 6.54 Å². The quantitative estimate of drug-likeness (QED) is 0.727. The van der Waals surface area contributed by atoms with E-state index in [-0.39, 0.29) is 5.91 Å². The van der Waals surface area contributed by atoms with Crippen LogP contribution in [0.25, 0.3) is 5.69 Å². The number of hydrogen-bond acceptors (Lipinski definition) is 4. The number of amides is 1. The fourth-order valence-corrected chi connectivity index (χ4v) is 2.96.